The summed E-state index contributed by atoms with van der Waals surface area (Å²) in [7, 11) is 0. The van der Waals surface area contributed by atoms with Crippen molar-refractivity contribution in [2.24, 2.45) is 10.8 Å². The third kappa shape index (κ3) is 5.48. The van der Waals surface area contributed by atoms with E-state index < -0.39 is 0 Å². The number of nitrogens with zero attached hydrogens (tertiary/aromatic N) is 2. The van der Waals surface area contributed by atoms with Gasteiger partial charge in [0.25, 0.3) is 0 Å². The van der Waals surface area contributed by atoms with Crippen molar-refractivity contribution >= 4 is 23.5 Å². The van der Waals surface area contributed by atoms with E-state index in [0.29, 0.717) is 23.7 Å². The summed E-state index contributed by atoms with van der Waals surface area (Å²) in [6.45, 7) is 2.67. The van der Waals surface area contributed by atoms with Crippen molar-refractivity contribution in [3.63, 3.8) is 0 Å². The van der Waals surface area contributed by atoms with E-state index in [2.05, 4.69) is 28.8 Å². The molecule has 6 nitrogen and oxygen atoms in total. The van der Waals surface area contributed by atoms with E-state index in [0.717, 1.165) is 11.1 Å². The van der Waals surface area contributed by atoms with Crippen molar-refractivity contribution in [2.75, 3.05) is 6.61 Å². The smallest absolute Gasteiger partial charge is 0.184 e. The first-order valence-corrected chi connectivity index (χ1v) is 8.01. The first kappa shape index (κ1) is 18.2. The number of nitrogens with one attached hydrogen (secondary N) is 1. The number of ether oxygens (including phenoxy) is 2. The first-order valence-electron chi connectivity index (χ1n) is 7.60. The molecule has 0 atom stereocenters. The summed E-state index contributed by atoms with van der Waals surface area (Å²) in [5, 5.41) is 13.2. The fourth-order valence-corrected chi connectivity index (χ4v) is 2.13. The van der Waals surface area contributed by atoms with E-state index in [1.807, 2.05) is 31.2 Å². The van der Waals surface area contributed by atoms with Crippen molar-refractivity contribution in [3.8, 4) is 17.6 Å². The number of rotatable bonds is 7. The van der Waals surface area contributed by atoms with Gasteiger partial charge in [-0.25, -0.2) is 0 Å². The average Bonchev–Trinajstić information content (AvgIpc) is 2.61. The number of hydrogen-bond acceptors (Lipinski definition) is 5. The van der Waals surface area contributed by atoms with Crippen LogP contribution < -0.4 is 20.6 Å². The molecule has 2 rings (SSSR count). The Morgan fingerprint density at radius 3 is 2.80 bits per heavy atom. The number of hydrogen-bond donors (Lipinski definition) is 2. The zero-order valence-electron chi connectivity index (χ0n) is 13.7. The van der Waals surface area contributed by atoms with Gasteiger partial charge in [-0.3, -0.25) is 5.43 Å². The molecule has 2 aromatic carbocycles. The highest BCUT2D eigenvalue weighted by atomic mass is 32.1. The molecule has 25 heavy (non-hydrogen) atoms. The molecule has 0 spiro atoms. The Kier molecular flexibility index (Phi) is 6.75. The van der Waals surface area contributed by atoms with Gasteiger partial charge in [-0.05, 0) is 49.0 Å². The van der Waals surface area contributed by atoms with Gasteiger partial charge in [-0.15, -0.1) is 0 Å². The maximum Gasteiger partial charge on any atom is 0.184 e. The monoisotopic (exact) mass is 354 g/mol. The van der Waals surface area contributed by atoms with Crippen LogP contribution in [0.25, 0.3) is 0 Å². The van der Waals surface area contributed by atoms with Crippen LogP contribution in [0.2, 0.25) is 0 Å². The van der Waals surface area contributed by atoms with Gasteiger partial charge >= 0.3 is 0 Å². The molecule has 0 radical (unpaired) electrons. The lowest BCUT2D eigenvalue weighted by Crippen LogP contribution is -2.23. The molecule has 0 heterocycles. The Morgan fingerprint density at radius 2 is 2.08 bits per heavy atom. The highest BCUT2D eigenvalue weighted by Crippen LogP contribution is 2.29. The minimum Gasteiger partial charge on any atom is -0.490 e. The van der Waals surface area contributed by atoms with Crippen LogP contribution in [0.5, 0.6) is 11.5 Å². The van der Waals surface area contributed by atoms with E-state index >= 15 is 0 Å². The molecule has 128 valence electrons. The Morgan fingerprint density at radius 1 is 1.28 bits per heavy atom. The summed E-state index contributed by atoms with van der Waals surface area (Å²) in [6, 6.07) is 14.9. The van der Waals surface area contributed by atoms with Gasteiger partial charge in [-0.1, -0.05) is 18.2 Å². The molecule has 0 aliphatic heterocycles. The molecule has 7 heteroatoms. The van der Waals surface area contributed by atoms with Gasteiger partial charge in [0, 0.05) is 5.56 Å². The van der Waals surface area contributed by atoms with Crippen molar-refractivity contribution < 1.29 is 9.47 Å². The molecule has 0 aliphatic carbocycles. The average molecular weight is 354 g/mol. The molecule has 3 N–H and O–H groups in total. The Bertz CT molecular complexity index is 815. The van der Waals surface area contributed by atoms with Gasteiger partial charge in [-0.2, -0.15) is 10.4 Å². The molecule has 0 saturated heterocycles. The molecule has 0 aliphatic rings. The molecule has 0 saturated carbocycles. The summed E-state index contributed by atoms with van der Waals surface area (Å²) in [5.41, 5.74) is 10.0. The van der Waals surface area contributed by atoms with Crippen molar-refractivity contribution in [3.05, 3.63) is 59.2 Å². The molecular weight excluding hydrogens is 336 g/mol. The molecule has 0 aromatic heterocycles. The Labute approximate surface area is 151 Å². The van der Waals surface area contributed by atoms with Gasteiger partial charge in [0.15, 0.2) is 16.6 Å². The van der Waals surface area contributed by atoms with Crippen LogP contribution in [0.4, 0.5) is 0 Å². The number of hydrazone groups is 1. The quantitative estimate of drug-likeness (QED) is 0.451. The molecule has 2 aromatic rings. The number of benzene rings is 2. The highest BCUT2D eigenvalue weighted by molar-refractivity contribution is 7.80. The molecule has 0 fully saturated rings. The van der Waals surface area contributed by atoms with Gasteiger partial charge in [0.05, 0.1) is 24.5 Å². The molecule has 0 amide bonds. The van der Waals surface area contributed by atoms with Crippen molar-refractivity contribution in [1.82, 2.24) is 5.43 Å². The van der Waals surface area contributed by atoms with Crippen LogP contribution in [0.1, 0.15) is 23.6 Å². The van der Waals surface area contributed by atoms with E-state index in [1.54, 1.807) is 24.4 Å². The van der Waals surface area contributed by atoms with Gasteiger partial charge in [0.2, 0.25) is 0 Å². The van der Waals surface area contributed by atoms with E-state index in [9.17, 15) is 0 Å². The van der Waals surface area contributed by atoms with Crippen molar-refractivity contribution in [2.45, 2.75) is 13.5 Å². The van der Waals surface area contributed by atoms with E-state index in [-0.39, 0.29) is 11.7 Å². The maximum atomic E-state index is 9.14. The zero-order chi connectivity index (χ0) is 18.1. The van der Waals surface area contributed by atoms with Gasteiger partial charge in [0.1, 0.15) is 6.61 Å². The summed E-state index contributed by atoms with van der Waals surface area (Å²) >= 11 is 4.69. The predicted octanol–water partition coefficient (Wildman–Crippen LogP) is 2.70. The largest absolute Gasteiger partial charge is 0.490 e. The maximum absolute atomic E-state index is 9.14. The van der Waals surface area contributed by atoms with Crippen LogP contribution >= 0.6 is 12.2 Å². The van der Waals surface area contributed by atoms with Crippen LogP contribution in [0.3, 0.4) is 0 Å². The van der Waals surface area contributed by atoms with Crippen LogP contribution in [0, 0.1) is 11.3 Å². The third-order valence-electron chi connectivity index (χ3n) is 3.18. The minimum atomic E-state index is 0.0948. The SMILES string of the molecule is CCOc1cc(/C=N\NC(N)=S)ccc1OCc1ccccc1C#N. The number of nitriles is 1. The topological polar surface area (TPSA) is 92.7 Å². The zero-order valence-corrected chi connectivity index (χ0v) is 14.5. The lowest BCUT2D eigenvalue weighted by atomic mass is 10.1. The lowest BCUT2D eigenvalue weighted by Gasteiger charge is -2.13. The summed E-state index contributed by atoms with van der Waals surface area (Å²) < 4.78 is 11.5. The van der Waals surface area contributed by atoms with Crippen LogP contribution in [-0.2, 0) is 6.61 Å². The molecule has 0 unspecified atom stereocenters. The number of thiocarbonyl (C=S) groups is 1. The van der Waals surface area contributed by atoms with Crippen LogP contribution in [-0.4, -0.2) is 17.9 Å². The minimum absolute atomic E-state index is 0.0948. The van der Waals surface area contributed by atoms with Gasteiger partial charge < -0.3 is 15.2 Å². The second-order valence-corrected chi connectivity index (χ2v) is 5.37. The lowest BCUT2D eigenvalue weighted by molar-refractivity contribution is 0.269. The standard InChI is InChI=1S/C18H18N4O2S/c1-2-23-17-9-13(11-21-22-18(20)25)7-8-16(17)24-12-15-6-4-3-5-14(15)10-19/h3-9,11H,2,12H2,1H3,(H3,20,22,25)/b21-11-. The van der Waals surface area contributed by atoms with Crippen LogP contribution in [0.15, 0.2) is 47.6 Å². The third-order valence-corrected chi connectivity index (χ3v) is 3.27. The molecular formula is C18H18N4O2S. The second-order valence-electron chi connectivity index (χ2n) is 4.93. The fourth-order valence-electron chi connectivity index (χ4n) is 2.07. The van der Waals surface area contributed by atoms with Crippen molar-refractivity contribution in [1.29, 1.82) is 5.26 Å². The van der Waals surface area contributed by atoms with E-state index in [1.165, 1.54) is 0 Å². The highest BCUT2D eigenvalue weighted by Gasteiger charge is 2.08. The normalized spacial score (nSPS) is 10.2. The molecule has 0 bridgehead atoms. The summed E-state index contributed by atoms with van der Waals surface area (Å²) in [4.78, 5) is 0. The number of nitrogens with two attached hydrogens (primary N) is 1. The Hall–Kier alpha value is -3.11. The second kappa shape index (κ2) is 9.25. The van der Waals surface area contributed by atoms with E-state index in [4.69, 9.17) is 20.5 Å². The summed E-state index contributed by atoms with van der Waals surface area (Å²) in [6.07, 6.45) is 1.58. The predicted molar refractivity (Wildman–Crippen MR) is 101 cm³/mol. The fraction of sp³-hybridized carbons (Fsp3) is 0.167. The Balaban J connectivity index is 2.15. The first-order chi connectivity index (χ1) is 12.1. The summed E-state index contributed by atoms with van der Waals surface area (Å²) in [5.74, 6) is 1.19.